The summed E-state index contributed by atoms with van der Waals surface area (Å²) in [4.78, 5) is 27.2. The molecule has 0 aliphatic heterocycles. The Bertz CT molecular complexity index is 1710. The Morgan fingerprint density at radius 1 is 0.458 bits per heavy atom. The first kappa shape index (κ1) is 32.2. The molecule has 0 aliphatic rings. The molecular weight excluding hydrogens is 592 g/mol. The number of hydrogen-bond donors (Lipinski definition) is 3. The second kappa shape index (κ2) is 14.8. The number of nitrogens with one attached hydrogen (secondary N) is 2. The number of carbonyl (C=O) groups excluding carboxylic acids is 1. The molecule has 3 N–H and O–H groups in total. The Balaban J connectivity index is 1.37. The second-order valence-corrected chi connectivity index (χ2v) is 11.8. The number of benzene rings is 6. The van der Waals surface area contributed by atoms with E-state index < -0.39 is 23.1 Å². The average molecular weight is 631 g/mol. The van der Waals surface area contributed by atoms with Gasteiger partial charge in [-0.1, -0.05) is 182 Å². The molecule has 6 rings (SSSR count). The first-order valence-corrected chi connectivity index (χ1v) is 16.2. The highest BCUT2D eigenvalue weighted by atomic mass is 16.4. The zero-order valence-corrected chi connectivity index (χ0v) is 26.6. The van der Waals surface area contributed by atoms with Gasteiger partial charge in [-0.25, -0.2) is 0 Å². The maximum atomic E-state index is 14.1. The number of rotatable bonds is 13. The SMILES string of the molecule is O=C(CCC(NC(c1ccccc1)(c1ccccc1)c1ccccc1)C(=O)O)NC(c1ccccc1)(c1ccccc1)c1ccccc1. The largest absolute Gasteiger partial charge is 0.480 e. The van der Waals surface area contributed by atoms with Gasteiger partial charge in [0.2, 0.25) is 5.91 Å². The summed E-state index contributed by atoms with van der Waals surface area (Å²) < 4.78 is 0. The maximum absolute atomic E-state index is 14.1. The van der Waals surface area contributed by atoms with Crippen molar-refractivity contribution in [2.75, 3.05) is 0 Å². The highest BCUT2D eigenvalue weighted by Gasteiger charge is 2.41. The lowest BCUT2D eigenvalue weighted by Crippen LogP contribution is -2.53. The van der Waals surface area contributed by atoms with Crippen molar-refractivity contribution in [1.82, 2.24) is 10.6 Å². The van der Waals surface area contributed by atoms with Crippen molar-refractivity contribution in [2.45, 2.75) is 30.0 Å². The third kappa shape index (κ3) is 6.55. The van der Waals surface area contributed by atoms with Crippen LogP contribution in [0.4, 0.5) is 0 Å². The summed E-state index contributed by atoms with van der Waals surface area (Å²) >= 11 is 0. The van der Waals surface area contributed by atoms with Crippen LogP contribution in [0.25, 0.3) is 0 Å². The monoisotopic (exact) mass is 630 g/mol. The molecule has 238 valence electrons. The number of aliphatic carboxylic acids is 1. The van der Waals surface area contributed by atoms with Crippen LogP contribution in [-0.2, 0) is 20.7 Å². The smallest absolute Gasteiger partial charge is 0.320 e. The minimum atomic E-state index is -1.06. The molecule has 0 spiro atoms. The predicted molar refractivity (Wildman–Crippen MR) is 190 cm³/mol. The first-order chi connectivity index (χ1) is 23.5. The Morgan fingerprint density at radius 2 is 0.729 bits per heavy atom. The fourth-order valence-corrected chi connectivity index (χ4v) is 6.66. The van der Waals surface area contributed by atoms with Gasteiger partial charge in [0, 0.05) is 6.42 Å². The van der Waals surface area contributed by atoms with E-state index in [0.717, 1.165) is 33.4 Å². The van der Waals surface area contributed by atoms with E-state index in [-0.39, 0.29) is 18.7 Å². The standard InChI is InChI=1S/C43H38N2O3/c46-40(45-43(36-25-13-4-14-26-36,37-27-15-5-16-28-37)38-29-17-6-18-30-38)32-31-39(41(47)48)44-42(33-19-7-1-8-20-33,34-21-9-2-10-22-34)35-23-11-3-12-24-35/h1-30,39,44H,31-32H2,(H,45,46)(H,47,48). The molecule has 0 aliphatic carbocycles. The molecule has 0 fully saturated rings. The van der Waals surface area contributed by atoms with E-state index in [1.54, 1.807) is 0 Å². The Hall–Kier alpha value is -5.78. The van der Waals surface area contributed by atoms with Crippen molar-refractivity contribution in [3.63, 3.8) is 0 Å². The van der Waals surface area contributed by atoms with Gasteiger partial charge in [-0.05, 0) is 39.8 Å². The zero-order chi connectivity index (χ0) is 33.2. The fourth-order valence-electron chi connectivity index (χ4n) is 6.66. The molecule has 0 aromatic heterocycles. The van der Waals surface area contributed by atoms with Crippen molar-refractivity contribution in [1.29, 1.82) is 0 Å². The van der Waals surface area contributed by atoms with Gasteiger partial charge in [0.1, 0.15) is 11.6 Å². The molecule has 1 amide bonds. The van der Waals surface area contributed by atoms with E-state index >= 15 is 0 Å². The fraction of sp³-hybridized carbons (Fsp3) is 0.116. The molecule has 5 heteroatoms. The normalized spacial score (nSPS) is 12.2. The van der Waals surface area contributed by atoms with E-state index in [1.165, 1.54) is 0 Å². The number of carboxylic acid groups (broad SMARTS) is 1. The molecular formula is C43H38N2O3. The molecule has 0 radical (unpaired) electrons. The summed E-state index contributed by atoms with van der Waals surface area (Å²) in [6, 6.07) is 58.2. The predicted octanol–water partition coefficient (Wildman–Crippen LogP) is 7.91. The van der Waals surface area contributed by atoms with Crippen molar-refractivity contribution < 1.29 is 14.7 Å². The van der Waals surface area contributed by atoms with E-state index in [0.29, 0.717) is 0 Å². The van der Waals surface area contributed by atoms with E-state index in [9.17, 15) is 14.7 Å². The number of carbonyl (C=O) groups is 2. The molecule has 48 heavy (non-hydrogen) atoms. The van der Waals surface area contributed by atoms with Crippen LogP contribution in [0.15, 0.2) is 182 Å². The number of amides is 1. The van der Waals surface area contributed by atoms with Crippen molar-refractivity contribution in [2.24, 2.45) is 0 Å². The van der Waals surface area contributed by atoms with Gasteiger partial charge in [-0.2, -0.15) is 0 Å². The molecule has 5 nitrogen and oxygen atoms in total. The highest BCUT2D eigenvalue weighted by Crippen LogP contribution is 2.39. The summed E-state index contributed by atoms with van der Waals surface area (Å²) in [5.41, 5.74) is 3.41. The maximum Gasteiger partial charge on any atom is 0.320 e. The summed E-state index contributed by atoms with van der Waals surface area (Å²) in [5, 5.41) is 17.6. The van der Waals surface area contributed by atoms with Gasteiger partial charge in [0.25, 0.3) is 0 Å². The van der Waals surface area contributed by atoms with Crippen molar-refractivity contribution in [3.05, 3.63) is 215 Å². The van der Waals surface area contributed by atoms with Crippen LogP contribution in [0, 0.1) is 0 Å². The van der Waals surface area contributed by atoms with Gasteiger partial charge in [-0.3, -0.25) is 14.9 Å². The molecule has 1 atom stereocenters. The molecule has 0 bridgehead atoms. The Labute approximate surface area is 281 Å². The van der Waals surface area contributed by atoms with Crippen LogP contribution in [-0.4, -0.2) is 23.0 Å². The van der Waals surface area contributed by atoms with Gasteiger partial charge in [0.05, 0.1) is 5.54 Å². The van der Waals surface area contributed by atoms with Crippen LogP contribution in [0.5, 0.6) is 0 Å². The number of hydrogen-bond acceptors (Lipinski definition) is 3. The molecule has 0 saturated carbocycles. The van der Waals surface area contributed by atoms with Crippen LogP contribution in [0.3, 0.4) is 0 Å². The molecule has 1 unspecified atom stereocenters. The summed E-state index contributed by atoms with van der Waals surface area (Å²) in [7, 11) is 0. The Kier molecular flexibility index (Phi) is 9.89. The highest BCUT2D eigenvalue weighted by molar-refractivity contribution is 5.81. The lowest BCUT2D eigenvalue weighted by molar-refractivity contribution is -0.140. The third-order valence-electron chi connectivity index (χ3n) is 8.92. The summed E-state index contributed by atoms with van der Waals surface area (Å²) in [6.07, 6.45) is 0.0382. The molecule has 6 aromatic carbocycles. The second-order valence-electron chi connectivity index (χ2n) is 11.8. The first-order valence-electron chi connectivity index (χ1n) is 16.2. The van der Waals surface area contributed by atoms with Gasteiger partial charge < -0.3 is 10.4 Å². The minimum absolute atomic E-state index is 0.0212. The van der Waals surface area contributed by atoms with E-state index in [2.05, 4.69) is 10.6 Å². The van der Waals surface area contributed by atoms with Crippen LogP contribution in [0.2, 0.25) is 0 Å². The van der Waals surface area contributed by atoms with Crippen LogP contribution >= 0.6 is 0 Å². The van der Waals surface area contributed by atoms with E-state index in [1.807, 2.05) is 182 Å². The zero-order valence-electron chi connectivity index (χ0n) is 26.6. The van der Waals surface area contributed by atoms with Crippen LogP contribution in [0.1, 0.15) is 46.2 Å². The van der Waals surface area contributed by atoms with Gasteiger partial charge in [0.15, 0.2) is 0 Å². The van der Waals surface area contributed by atoms with Gasteiger partial charge in [-0.15, -0.1) is 0 Å². The van der Waals surface area contributed by atoms with E-state index in [4.69, 9.17) is 0 Å². The van der Waals surface area contributed by atoms with Crippen molar-refractivity contribution >= 4 is 11.9 Å². The van der Waals surface area contributed by atoms with Crippen molar-refractivity contribution in [3.8, 4) is 0 Å². The van der Waals surface area contributed by atoms with Crippen LogP contribution < -0.4 is 10.6 Å². The topological polar surface area (TPSA) is 78.4 Å². The lowest BCUT2D eigenvalue weighted by Gasteiger charge is -2.39. The third-order valence-corrected chi connectivity index (χ3v) is 8.92. The molecule has 0 saturated heterocycles. The minimum Gasteiger partial charge on any atom is -0.480 e. The Morgan fingerprint density at radius 3 is 1.00 bits per heavy atom. The molecule has 0 heterocycles. The molecule has 6 aromatic rings. The van der Waals surface area contributed by atoms with Gasteiger partial charge >= 0.3 is 5.97 Å². The lowest BCUT2D eigenvalue weighted by atomic mass is 9.76. The average Bonchev–Trinajstić information content (AvgIpc) is 3.16. The summed E-state index contributed by atoms with van der Waals surface area (Å²) in [5.74, 6) is -1.29. The quantitative estimate of drug-likeness (QED) is 0.113. The summed E-state index contributed by atoms with van der Waals surface area (Å²) in [6.45, 7) is 0. The number of carboxylic acids is 1.